The van der Waals surface area contributed by atoms with Gasteiger partial charge in [0.1, 0.15) is 0 Å². The molecule has 3 heteroatoms. The Morgan fingerprint density at radius 1 is 0.920 bits per heavy atom. The molecule has 4 rings (SSSR count). The molecule has 2 aromatic rings. The number of aliphatic hydroxyl groups is 1. The highest BCUT2D eigenvalue weighted by Gasteiger charge is 2.37. The molecule has 1 saturated carbocycles. The van der Waals surface area contributed by atoms with E-state index in [-0.39, 0.29) is 6.10 Å². The van der Waals surface area contributed by atoms with Gasteiger partial charge >= 0.3 is 0 Å². The fourth-order valence-electron chi connectivity index (χ4n) is 4.40. The minimum atomic E-state index is -0.119. The molecule has 1 heterocycles. The summed E-state index contributed by atoms with van der Waals surface area (Å²) in [5, 5.41) is 13.4. The first-order chi connectivity index (χ1) is 12.2. The summed E-state index contributed by atoms with van der Waals surface area (Å²) >= 11 is 0. The Balaban J connectivity index is 1.71. The predicted octanol–water partition coefficient (Wildman–Crippen LogP) is 3.74. The van der Waals surface area contributed by atoms with Crippen LogP contribution < -0.4 is 10.2 Å². The van der Waals surface area contributed by atoms with E-state index in [1.807, 2.05) is 0 Å². The lowest BCUT2D eigenvalue weighted by atomic mass is 9.84. The van der Waals surface area contributed by atoms with Crippen molar-refractivity contribution in [3.63, 3.8) is 0 Å². The molecule has 2 aliphatic rings. The molecule has 0 amide bonds. The van der Waals surface area contributed by atoms with Gasteiger partial charge in [0.2, 0.25) is 0 Å². The molecule has 3 nitrogen and oxygen atoms in total. The van der Waals surface area contributed by atoms with E-state index in [9.17, 15) is 5.11 Å². The van der Waals surface area contributed by atoms with E-state index >= 15 is 0 Å². The van der Waals surface area contributed by atoms with Gasteiger partial charge in [-0.2, -0.15) is 0 Å². The first kappa shape index (κ1) is 16.6. The fraction of sp³-hybridized carbons (Fsp3) is 0.455. The van der Waals surface area contributed by atoms with Crippen LogP contribution in [0.4, 0.5) is 5.69 Å². The van der Waals surface area contributed by atoms with Crippen molar-refractivity contribution < 1.29 is 5.11 Å². The molecule has 1 aliphatic heterocycles. The van der Waals surface area contributed by atoms with Crippen LogP contribution in [0.15, 0.2) is 48.5 Å². The summed E-state index contributed by atoms with van der Waals surface area (Å²) in [5.41, 5.74) is 5.30. The SMILES string of the molecule is Cc1c(-c2ccccc2)cccc1N(C1CCNCC1)C1CC(O)C1. The van der Waals surface area contributed by atoms with Crippen LogP contribution in [-0.2, 0) is 0 Å². The Kier molecular flexibility index (Phi) is 4.78. The number of benzene rings is 2. The van der Waals surface area contributed by atoms with E-state index in [0.29, 0.717) is 12.1 Å². The number of anilines is 1. The molecule has 1 saturated heterocycles. The van der Waals surface area contributed by atoms with Crippen LogP contribution in [0.5, 0.6) is 0 Å². The topological polar surface area (TPSA) is 35.5 Å². The van der Waals surface area contributed by atoms with E-state index in [2.05, 4.69) is 65.7 Å². The molecule has 132 valence electrons. The Labute approximate surface area is 150 Å². The Bertz CT molecular complexity index is 703. The standard InChI is InChI=1S/C22H28N2O/c1-16-21(17-6-3-2-4-7-17)8-5-9-22(16)24(19-14-20(25)15-19)18-10-12-23-13-11-18/h2-9,18-20,23,25H,10-15H2,1H3. The normalized spacial score (nSPS) is 23.9. The molecule has 2 N–H and O–H groups in total. The van der Waals surface area contributed by atoms with Gasteiger partial charge in [0.05, 0.1) is 6.10 Å². The summed E-state index contributed by atoms with van der Waals surface area (Å²) in [5.74, 6) is 0. The van der Waals surface area contributed by atoms with Crippen LogP contribution in [0.3, 0.4) is 0 Å². The lowest BCUT2D eigenvalue weighted by Gasteiger charge is -2.48. The lowest BCUT2D eigenvalue weighted by Crippen LogP contribution is -2.54. The molecule has 0 radical (unpaired) electrons. The van der Waals surface area contributed by atoms with Gasteiger partial charge in [0.25, 0.3) is 0 Å². The van der Waals surface area contributed by atoms with Gasteiger partial charge in [-0.3, -0.25) is 0 Å². The fourth-order valence-corrected chi connectivity index (χ4v) is 4.40. The average molecular weight is 336 g/mol. The van der Waals surface area contributed by atoms with Gasteiger partial charge in [-0.25, -0.2) is 0 Å². The smallest absolute Gasteiger partial charge is 0.0579 e. The van der Waals surface area contributed by atoms with Crippen LogP contribution in [0.2, 0.25) is 0 Å². The number of aliphatic hydroxyl groups excluding tert-OH is 1. The minimum Gasteiger partial charge on any atom is -0.393 e. The van der Waals surface area contributed by atoms with Gasteiger partial charge in [-0.15, -0.1) is 0 Å². The molecule has 1 aliphatic carbocycles. The quantitative estimate of drug-likeness (QED) is 0.893. The van der Waals surface area contributed by atoms with Crippen LogP contribution in [0.1, 0.15) is 31.2 Å². The molecular weight excluding hydrogens is 308 g/mol. The second kappa shape index (κ2) is 7.19. The van der Waals surface area contributed by atoms with E-state index in [4.69, 9.17) is 0 Å². The van der Waals surface area contributed by atoms with Crippen LogP contribution >= 0.6 is 0 Å². The van der Waals surface area contributed by atoms with Gasteiger partial charge < -0.3 is 15.3 Å². The zero-order valence-corrected chi connectivity index (χ0v) is 15.0. The average Bonchev–Trinajstić information content (AvgIpc) is 2.63. The summed E-state index contributed by atoms with van der Waals surface area (Å²) in [4.78, 5) is 2.63. The third kappa shape index (κ3) is 3.31. The van der Waals surface area contributed by atoms with Gasteiger partial charge in [-0.1, -0.05) is 42.5 Å². The van der Waals surface area contributed by atoms with Crippen LogP contribution in [0.25, 0.3) is 11.1 Å². The zero-order chi connectivity index (χ0) is 17.2. The van der Waals surface area contributed by atoms with E-state index in [0.717, 1.165) is 25.9 Å². The number of piperidine rings is 1. The van der Waals surface area contributed by atoms with Crippen molar-refractivity contribution in [2.24, 2.45) is 0 Å². The molecule has 25 heavy (non-hydrogen) atoms. The van der Waals surface area contributed by atoms with Crippen molar-refractivity contribution in [1.29, 1.82) is 0 Å². The summed E-state index contributed by atoms with van der Waals surface area (Å²) in [6.45, 7) is 4.43. The van der Waals surface area contributed by atoms with Crippen molar-refractivity contribution in [2.75, 3.05) is 18.0 Å². The van der Waals surface area contributed by atoms with Gasteiger partial charge in [0, 0.05) is 17.8 Å². The monoisotopic (exact) mass is 336 g/mol. The maximum Gasteiger partial charge on any atom is 0.0579 e. The maximum absolute atomic E-state index is 9.88. The van der Waals surface area contributed by atoms with E-state index in [1.165, 1.54) is 35.2 Å². The maximum atomic E-state index is 9.88. The minimum absolute atomic E-state index is 0.119. The number of hydrogen-bond acceptors (Lipinski definition) is 3. The highest BCUT2D eigenvalue weighted by molar-refractivity contribution is 5.74. The highest BCUT2D eigenvalue weighted by Crippen LogP contribution is 2.38. The Morgan fingerprint density at radius 3 is 2.32 bits per heavy atom. The Morgan fingerprint density at radius 2 is 1.64 bits per heavy atom. The number of rotatable bonds is 4. The third-order valence-corrected chi connectivity index (χ3v) is 5.85. The van der Waals surface area contributed by atoms with Crippen molar-refractivity contribution >= 4 is 5.69 Å². The van der Waals surface area contributed by atoms with Gasteiger partial charge in [-0.05, 0) is 68.5 Å². The lowest BCUT2D eigenvalue weighted by molar-refractivity contribution is 0.0689. The largest absolute Gasteiger partial charge is 0.393 e. The van der Waals surface area contributed by atoms with Crippen molar-refractivity contribution in [3.8, 4) is 11.1 Å². The van der Waals surface area contributed by atoms with Gasteiger partial charge in [0.15, 0.2) is 0 Å². The summed E-state index contributed by atoms with van der Waals surface area (Å²) in [7, 11) is 0. The predicted molar refractivity (Wildman–Crippen MR) is 104 cm³/mol. The molecule has 2 aromatic carbocycles. The van der Waals surface area contributed by atoms with Crippen molar-refractivity contribution in [1.82, 2.24) is 5.32 Å². The summed E-state index contributed by atoms with van der Waals surface area (Å²) in [6.07, 6.45) is 4.05. The molecular formula is C22H28N2O. The number of nitrogens with zero attached hydrogens (tertiary/aromatic N) is 1. The molecule has 2 fully saturated rings. The highest BCUT2D eigenvalue weighted by atomic mass is 16.3. The summed E-state index contributed by atoms with van der Waals surface area (Å²) < 4.78 is 0. The first-order valence-electron chi connectivity index (χ1n) is 9.56. The molecule has 0 unspecified atom stereocenters. The zero-order valence-electron chi connectivity index (χ0n) is 15.0. The van der Waals surface area contributed by atoms with Crippen molar-refractivity contribution in [2.45, 2.75) is 50.8 Å². The van der Waals surface area contributed by atoms with Crippen LogP contribution in [0, 0.1) is 6.92 Å². The molecule has 0 spiro atoms. The van der Waals surface area contributed by atoms with E-state index in [1.54, 1.807) is 0 Å². The second-order valence-electron chi connectivity index (χ2n) is 7.48. The first-order valence-corrected chi connectivity index (χ1v) is 9.56. The second-order valence-corrected chi connectivity index (χ2v) is 7.48. The summed E-state index contributed by atoms with van der Waals surface area (Å²) in [6, 6.07) is 18.4. The Hall–Kier alpha value is -1.84. The number of nitrogens with one attached hydrogen (secondary N) is 1. The molecule has 0 bridgehead atoms. The number of hydrogen-bond donors (Lipinski definition) is 2. The van der Waals surface area contributed by atoms with Crippen molar-refractivity contribution in [3.05, 3.63) is 54.1 Å². The molecule has 0 aromatic heterocycles. The van der Waals surface area contributed by atoms with E-state index < -0.39 is 0 Å². The molecule has 0 atom stereocenters. The third-order valence-electron chi connectivity index (χ3n) is 5.85. The van der Waals surface area contributed by atoms with Crippen LogP contribution in [-0.4, -0.2) is 36.4 Å².